The number of aromatic nitrogens is 3. The van der Waals surface area contributed by atoms with Crippen LogP contribution in [0.2, 0.25) is 0 Å². The van der Waals surface area contributed by atoms with Crippen molar-refractivity contribution in [3.8, 4) is 11.3 Å². The SMILES string of the molecule is CC(C)(O)c1ccc(-c2cnc3c(n2)N(c2ccccc2)CC=N3)cn1. The number of hydrogen-bond acceptors (Lipinski definition) is 6. The van der Waals surface area contributed by atoms with Gasteiger partial charge in [0.2, 0.25) is 0 Å². The monoisotopic (exact) mass is 345 g/mol. The van der Waals surface area contributed by atoms with Crippen molar-refractivity contribution in [2.75, 3.05) is 11.4 Å². The second-order valence-electron chi connectivity index (χ2n) is 6.65. The Bertz CT molecular complexity index is 946. The summed E-state index contributed by atoms with van der Waals surface area (Å²) >= 11 is 0. The number of fused-ring (bicyclic) bond motifs is 1. The molecule has 130 valence electrons. The molecule has 6 nitrogen and oxygen atoms in total. The molecule has 0 unspecified atom stereocenters. The molecule has 3 heterocycles. The van der Waals surface area contributed by atoms with Crippen LogP contribution in [0.15, 0.2) is 59.9 Å². The van der Waals surface area contributed by atoms with Crippen LogP contribution in [-0.4, -0.2) is 32.8 Å². The summed E-state index contributed by atoms with van der Waals surface area (Å²) in [4.78, 5) is 20.0. The second-order valence-corrected chi connectivity index (χ2v) is 6.65. The van der Waals surface area contributed by atoms with Crippen LogP contribution < -0.4 is 4.90 Å². The predicted molar refractivity (Wildman–Crippen MR) is 102 cm³/mol. The van der Waals surface area contributed by atoms with E-state index in [-0.39, 0.29) is 0 Å². The Labute approximate surface area is 151 Å². The molecule has 1 aromatic carbocycles. The summed E-state index contributed by atoms with van der Waals surface area (Å²) < 4.78 is 0. The fraction of sp³-hybridized carbons (Fsp3) is 0.200. The molecule has 26 heavy (non-hydrogen) atoms. The quantitative estimate of drug-likeness (QED) is 0.785. The van der Waals surface area contributed by atoms with Gasteiger partial charge in [0.15, 0.2) is 11.6 Å². The molecule has 0 saturated carbocycles. The molecule has 0 saturated heterocycles. The highest BCUT2D eigenvalue weighted by molar-refractivity contribution is 5.83. The van der Waals surface area contributed by atoms with Crippen LogP contribution in [0.1, 0.15) is 19.5 Å². The summed E-state index contributed by atoms with van der Waals surface area (Å²) in [5, 5.41) is 10.1. The molecule has 2 aromatic heterocycles. The van der Waals surface area contributed by atoms with Crippen LogP contribution >= 0.6 is 0 Å². The van der Waals surface area contributed by atoms with Gasteiger partial charge in [-0.2, -0.15) is 0 Å². The van der Waals surface area contributed by atoms with Gasteiger partial charge in [0.05, 0.1) is 24.1 Å². The van der Waals surface area contributed by atoms with Gasteiger partial charge in [-0.25, -0.2) is 15.0 Å². The Morgan fingerprint density at radius 3 is 2.50 bits per heavy atom. The summed E-state index contributed by atoms with van der Waals surface area (Å²) in [6.45, 7) is 4.07. The Morgan fingerprint density at radius 2 is 1.81 bits per heavy atom. The maximum Gasteiger partial charge on any atom is 0.195 e. The maximum absolute atomic E-state index is 10.1. The smallest absolute Gasteiger partial charge is 0.195 e. The van der Waals surface area contributed by atoms with Crippen molar-refractivity contribution in [1.29, 1.82) is 0 Å². The van der Waals surface area contributed by atoms with E-state index in [0.717, 1.165) is 22.8 Å². The van der Waals surface area contributed by atoms with Crippen LogP contribution in [-0.2, 0) is 5.60 Å². The molecule has 1 aliphatic heterocycles. The van der Waals surface area contributed by atoms with E-state index in [9.17, 15) is 5.11 Å². The van der Waals surface area contributed by atoms with Gasteiger partial charge >= 0.3 is 0 Å². The largest absolute Gasteiger partial charge is 0.384 e. The highest BCUT2D eigenvalue weighted by Crippen LogP contribution is 2.34. The van der Waals surface area contributed by atoms with Crippen LogP contribution in [0.5, 0.6) is 0 Å². The van der Waals surface area contributed by atoms with Crippen molar-refractivity contribution in [2.24, 2.45) is 4.99 Å². The minimum absolute atomic E-state index is 0.602. The number of hydrogen-bond donors (Lipinski definition) is 1. The van der Waals surface area contributed by atoms with Crippen molar-refractivity contribution in [1.82, 2.24) is 15.0 Å². The van der Waals surface area contributed by atoms with Gasteiger partial charge < -0.3 is 10.0 Å². The second kappa shape index (κ2) is 6.31. The van der Waals surface area contributed by atoms with E-state index in [1.807, 2.05) is 48.7 Å². The highest BCUT2D eigenvalue weighted by Gasteiger charge is 2.21. The molecule has 6 heteroatoms. The van der Waals surface area contributed by atoms with Gasteiger partial charge in [0.25, 0.3) is 0 Å². The minimum atomic E-state index is -0.973. The third-order valence-corrected chi connectivity index (χ3v) is 4.22. The van der Waals surface area contributed by atoms with Crippen LogP contribution in [0.3, 0.4) is 0 Å². The minimum Gasteiger partial charge on any atom is -0.384 e. The Kier molecular flexibility index (Phi) is 3.97. The van der Waals surface area contributed by atoms with E-state index in [4.69, 9.17) is 4.98 Å². The average molecular weight is 345 g/mol. The van der Waals surface area contributed by atoms with E-state index in [1.165, 1.54) is 0 Å². The number of rotatable bonds is 3. The molecule has 1 N–H and O–H groups in total. The van der Waals surface area contributed by atoms with E-state index in [2.05, 4.69) is 19.9 Å². The van der Waals surface area contributed by atoms with E-state index in [0.29, 0.717) is 18.1 Å². The zero-order valence-electron chi connectivity index (χ0n) is 14.7. The first-order valence-electron chi connectivity index (χ1n) is 8.44. The lowest BCUT2D eigenvalue weighted by Crippen LogP contribution is -2.23. The third-order valence-electron chi connectivity index (χ3n) is 4.22. The van der Waals surface area contributed by atoms with Crippen LogP contribution in [0.25, 0.3) is 11.3 Å². The van der Waals surface area contributed by atoms with Crippen molar-refractivity contribution < 1.29 is 5.11 Å². The number of benzene rings is 1. The summed E-state index contributed by atoms with van der Waals surface area (Å²) in [7, 11) is 0. The molecular formula is C20H19N5O. The van der Waals surface area contributed by atoms with Gasteiger partial charge in [-0.3, -0.25) is 4.98 Å². The molecule has 1 aliphatic rings. The van der Waals surface area contributed by atoms with Gasteiger partial charge in [0, 0.05) is 23.7 Å². The predicted octanol–water partition coefficient (Wildman–Crippen LogP) is 3.62. The number of aliphatic hydroxyl groups is 1. The van der Waals surface area contributed by atoms with Gasteiger partial charge in [-0.05, 0) is 38.1 Å². The first kappa shape index (κ1) is 16.4. The lowest BCUT2D eigenvalue weighted by atomic mass is 10.0. The van der Waals surface area contributed by atoms with Gasteiger partial charge in [0.1, 0.15) is 5.60 Å². The molecule has 0 spiro atoms. The first-order valence-corrected chi connectivity index (χ1v) is 8.44. The van der Waals surface area contributed by atoms with Crippen molar-refractivity contribution in [2.45, 2.75) is 19.4 Å². The average Bonchev–Trinajstić information content (AvgIpc) is 2.67. The number of para-hydroxylation sites is 1. The van der Waals surface area contributed by atoms with E-state index < -0.39 is 5.60 Å². The Hall–Kier alpha value is -3.12. The zero-order chi connectivity index (χ0) is 18.1. The normalized spacial score (nSPS) is 13.6. The summed E-state index contributed by atoms with van der Waals surface area (Å²) in [5.41, 5.74) is 2.25. The zero-order valence-corrected chi connectivity index (χ0v) is 14.7. The number of pyridine rings is 1. The third kappa shape index (κ3) is 3.07. The van der Waals surface area contributed by atoms with Gasteiger partial charge in [-0.1, -0.05) is 18.2 Å². The molecule has 3 aromatic rings. The Balaban J connectivity index is 1.73. The number of nitrogens with zero attached hydrogens (tertiary/aromatic N) is 5. The van der Waals surface area contributed by atoms with Gasteiger partial charge in [-0.15, -0.1) is 0 Å². The molecular weight excluding hydrogens is 326 g/mol. The number of anilines is 2. The molecule has 0 fully saturated rings. The molecule has 0 aliphatic carbocycles. The van der Waals surface area contributed by atoms with Crippen molar-refractivity contribution in [3.05, 3.63) is 60.6 Å². The summed E-state index contributed by atoms with van der Waals surface area (Å²) in [5.74, 6) is 1.33. The fourth-order valence-electron chi connectivity index (χ4n) is 2.82. The van der Waals surface area contributed by atoms with Crippen LogP contribution in [0, 0.1) is 0 Å². The molecule has 0 radical (unpaired) electrons. The standard InChI is InChI=1S/C20H19N5O/c1-20(2,26)17-9-8-14(12-22-17)16-13-23-18-19(24-16)25(11-10-21-18)15-6-4-3-5-7-15/h3-10,12-13,26H,11H2,1-2H3. The lowest BCUT2D eigenvalue weighted by molar-refractivity contribution is 0.0739. The molecule has 4 rings (SSSR count). The molecule has 0 bridgehead atoms. The number of aliphatic imine (C=N–C) groups is 1. The topological polar surface area (TPSA) is 74.5 Å². The van der Waals surface area contributed by atoms with E-state index >= 15 is 0 Å². The molecule has 0 atom stereocenters. The highest BCUT2D eigenvalue weighted by atomic mass is 16.3. The van der Waals surface area contributed by atoms with Crippen molar-refractivity contribution in [3.63, 3.8) is 0 Å². The van der Waals surface area contributed by atoms with Crippen LogP contribution in [0.4, 0.5) is 17.3 Å². The summed E-state index contributed by atoms with van der Waals surface area (Å²) in [6.07, 6.45) is 5.25. The lowest BCUT2D eigenvalue weighted by Gasteiger charge is -2.26. The van der Waals surface area contributed by atoms with E-state index in [1.54, 1.807) is 26.2 Å². The maximum atomic E-state index is 10.1. The van der Waals surface area contributed by atoms with Crippen molar-refractivity contribution >= 4 is 23.5 Å². The Morgan fingerprint density at radius 1 is 1.00 bits per heavy atom. The summed E-state index contributed by atoms with van der Waals surface area (Å²) in [6, 6.07) is 13.8. The fourth-order valence-corrected chi connectivity index (χ4v) is 2.82. The molecule has 0 amide bonds. The first-order chi connectivity index (χ1) is 12.5.